The van der Waals surface area contributed by atoms with Gasteiger partial charge < -0.3 is 20.1 Å². The van der Waals surface area contributed by atoms with Crippen LogP contribution >= 0.6 is 7.82 Å². The van der Waals surface area contributed by atoms with Crippen molar-refractivity contribution in [2.75, 3.05) is 26.4 Å². The second-order valence-electron chi connectivity index (χ2n) is 16.3. The van der Waals surface area contributed by atoms with Crippen molar-refractivity contribution in [3.63, 3.8) is 0 Å². The smallest absolute Gasteiger partial charge is 0.462 e. The Kier molecular flexibility index (Phi) is 44.4. The van der Waals surface area contributed by atoms with Crippen LogP contribution in [0.2, 0.25) is 0 Å². The van der Waals surface area contributed by atoms with E-state index in [1.807, 2.05) is 0 Å². The first-order valence-electron chi connectivity index (χ1n) is 24.5. The molecular weight excluding hydrogens is 762 g/mol. The molecule has 9 nitrogen and oxygen atoms in total. The molecule has 10 heteroatoms. The van der Waals surface area contributed by atoms with Crippen LogP contribution in [-0.4, -0.2) is 49.3 Å². The van der Waals surface area contributed by atoms with E-state index < -0.39 is 26.5 Å². The number of hydrogen-bond acceptors (Lipinski definition) is 8. The fraction of sp³-hybridized carbons (Fsp3) is 0.837. The summed E-state index contributed by atoms with van der Waals surface area (Å²) in [6, 6.07) is 0. The molecule has 0 aliphatic rings. The molecule has 2 atom stereocenters. The van der Waals surface area contributed by atoms with Gasteiger partial charge in [-0.05, 0) is 70.6 Å². The third kappa shape index (κ3) is 45.6. The summed E-state index contributed by atoms with van der Waals surface area (Å²) in [7, 11) is -4.38. The highest BCUT2D eigenvalue weighted by molar-refractivity contribution is 7.47. The van der Waals surface area contributed by atoms with Gasteiger partial charge in [-0.2, -0.15) is 0 Å². The van der Waals surface area contributed by atoms with Crippen molar-refractivity contribution < 1.29 is 37.6 Å². The normalized spacial score (nSPS) is 13.5. The quantitative estimate of drug-likeness (QED) is 0.0265. The van der Waals surface area contributed by atoms with E-state index in [9.17, 15) is 19.0 Å². The highest BCUT2D eigenvalue weighted by Crippen LogP contribution is 2.43. The van der Waals surface area contributed by atoms with Gasteiger partial charge in [-0.25, -0.2) is 4.57 Å². The maximum absolute atomic E-state index is 12.6. The third-order valence-corrected chi connectivity index (χ3v) is 11.5. The number of nitrogens with two attached hydrogens (primary N) is 1. The van der Waals surface area contributed by atoms with Crippen LogP contribution in [0.4, 0.5) is 0 Å². The fourth-order valence-corrected chi connectivity index (χ4v) is 7.60. The van der Waals surface area contributed by atoms with Gasteiger partial charge in [0.15, 0.2) is 6.10 Å². The number of ether oxygens (including phenoxy) is 2. The van der Waals surface area contributed by atoms with Crippen LogP contribution in [0.25, 0.3) is 0 Å². The van der Waals surface area contributed by atoms with Crippen LogP contribution in [0.3, 0.4) is 0 Å². The Morgan fingerprint density at radius 1 is 0.508 bits per heavy atom. The molecule has 0 radical (unpaired) electrons. The number of carbonyl (C=O) groups excluding carboxylic acids is 2. The average Bonchev–Trinajstić information content (AvgIpc) is 3.22. The second-order valence-corrected chi connectivity index (χ2v) is 17.8. The highest BCUT2D eigenvalue weighted by atomic mass is 31.2. The molecule has 1 unspecified atom stereocenters. The Morgan fingerprint density at radius 3 is 1.34 bits per heavy atom. The Balaban J connectivity index is 4.07. The zero-order valence-electron chi connectivity index (χ0n) is 38.2. The molecule has 0 saturated heterocycles. The van der Waals surface area contributed by atoms with Crippen LogP contribution < -0.4 is 5.73 Å². The van der Waals surface area contributed by atoms with Crippen LogP contribution in [-0.2, 0) is 32.7 Å². The van der Waals surface area contributed by atoms with Crippen molar-refractivity contribution >= 4 is 19.8 Å². The Hall–Kier alpha value is -1.77. The molecule has 0 fully saturated rings. The minimum Gasteiger partial charge on any atom is -0.462 e. The summed E-state index contributed by atoms with van der Waals surface area (Å²) in [4.78, 5) is 35.0. The molecule has 0 aromatic carbocycles. The molecule has 346 valence electrons. The van der Waals surface area contributed by atoms with E-state index in [0.29, 0.717) is 6.42 Å². The third-order valence-electron chi connectivity index (χ3n) is 10.5. The van der Waals surface area contributed by atoms with E-state index in [-0.39, 0.29) is 38.6 Å². The van der Waals surface area contributed by atoms with Crippen LogP contribution in [0.15, 0.2) is 36.5 Å². The molecule has 0 heterocycles. The van der Waals surface area contributed by atoms with E-state index in [4.69, 9.17) is 24.3 Å². The van der Waals surface area contributed by atoms with Gasteiger partial charge in [0.05, 0.1) is 13.2 Å². The number of phosphoric acid groups is 1. The molecule has 0 rings (SSSR count). The van der Waals surface area contributed by atoms with Crippen molar-refractivity contribution in [3.8, 4) is 0 Å². The van der Waals surface area contributed by atoms with E-state index >= 15 is 0 Å². The summed E-state index contributed by atoms with van der Waals surface area (Å²) in [5.41, 5.74) is 5.36. The molecule has 0 aliphatic carbocycles. The van der Waals surface area contributed by atoms with Crippen LogP contribution in [0, 0.1) is 0 Å². The summed E-state index contributed by atoms with van der Waals surface area (Å²) in [6.07, 6.45) is 51.7. The number of hydrogen-bond donors (Lipinski definition) is 2. The lowest BCUT2D eigenvalue weighted by Crippen LogP contribution is -2.29. The molecule has 0 bridgehead atoms. The molecule has 0 aromatic rings. The predicted octanol–water partition coefficient (Wildman–Crippen LogP) is 14.5. The van der Waals surface area contributed by atoms with Gasteiger partial charge in [-0.15, -0.1) is 0 Å². The highest BCUT2D eigenvalue weighted by Gasteiger charge is 2.26. The van der Waals surface area contributed by atoms with Gasteiger partial charge >= 0.3 is 19.8 Å². The second kappa shape index (κ2) is 45.7. The Morgan fingerprint density at radius 2 is 0.881 bits per heavy atom. The Labute approximate surface area is 363 Å². The first kappa shape index (κ1) is 57.2. The van der Waals surface area contributed by atoms with E-state index in [1.54, 1.807) is 0 Å². The number of carbonyl (C=O) groups is 2. The summed E-state index contributed by atoms with van der Waals surface area (Å²) in [5.74, 6) is -0.832. The average molecular weight is 854 g/mol. The Bertz CT molecular complexity index is 1060. The molecule has 59 heavy (non-hydrogen) atoms. The summed E-state index contributed by atoms with van der Waals surface area (Å²) in [5, 5.41) is 0. The molecule has 0 saturated carbocycles. The van der Waals surface area contributed by atoms with Crippen molar-refractivity contribution in [1.29, 1.82) is 0 Å². The zero-order chi connectivity index (χ0) is 43.2. The van der Waals surface area contributed by atoms with E-state index in [2.05, 4.69) is 50.3 Å². The predicted molar refractivity (Wildman–Crippen MR) is 247 cm³/mol. The SMILES string of the molecule is CCCCC/C=C/C/C=C/CCCCCCCCCC(=O)OC[C@H](COP(=O)(O)OCCN)OC(=O)CCCCCCCCCCCCC/C=C/CCCCCCCC. The summed E-state index contributed by atoms with van der Waals surface area (Å²) < 4.78 is 32.9. The zero-order valence-corrected chi connectivity index (χ0v) is 39.1. The van der Waals surface area contributed by atoms with Gasteiger partial charge in [-0.3, -0.25) is 18.6 Å². The lowest BCUT2D eigenvalue weighted by molar-refractivity contribution is -0.161. The van der Waals surface area contributed by atoms with Crippen molar-refractivity contribution in [1.82, 2.24) is 0 Å². The number of esters is 2. The van der Waals surface area contributed by atoms with Crippen molar-refractivity contribution in [3.05, 3.63) is 36.5 Å². The summed E-state index contributed by atoms with van der Waals surface area (Å²) >= 11 is 0. The lowest BCUT2D eigenvalue weighted by atomic mass is 10.0. The first-order chi connectivity index (χ1) is 28.8. The lowest BCUT2D eigenvalue weighted by Gasteiger charge is -2.19. The first-order valence-corrected chi connectivity index (χ1v) is 26.0. The largest absolute Gasteiger partial charge is 0.472 e. The molecule has 0 spiro atoms. The minimum absolute atomic E-state index is 0.0524. The van der Waals surface area contributed by atoms with Crippen molar-refractivity contribution in [2.45, 2.75) is 238 Å². The van der Waals surface area contributed by atoms with Crippen LogP contribution in [0.1, 0.15) is 232 Å². The maximum atomic E-state index is 12.6. The standard InChI is InChI=1S/C49H92NO8P/c1-3-5-7-9-11-13-15-17-19-21-22-23-24-26-28-30-32-34-36-38-40-42-49(52)58-47(46-57-59(53,54)56-44-43-50)45-55-48(51)41-39-37-35-33-31-29-27-25-20-18-16-14-12-10-8-6-4-2/h12,14,17-20,47H,3-11,13,15-16,21-46,50H2,1-2H3,(H,53,54)/b14-12+,19-17+,20-18+/t47-/m1/s1. The molecule has 3 N–H and O–H groups in total. The van der Waals surface area contributed by atoms with Gasteiger partial charge in [0, 0.05) is 19.4 Å². The molecular formula is C49H92NO8P. The number of allylic oxidation sites excluding steroid dienone is 6. The molecule has 0 amide bonds. The van der Waals surface area contributed by atoms with Gasteiger partial charge in [-0.1, -0.05) is 185 Å². The maximum Gasteiger partial charge on any atom is 0.472 e. The van der Waals surface area contributed by atoms with Crippen LogP contribution in [0.5, 0.6) is 0 Å². The van der Waals surface area contributed by atoms with E-state index in [0.717, 1.165) is 57.8 Å². The van der Waals surface area contributed by atoms with Gasteiger partial charge in [0.1, 0.15) is 6.61 Å². The topological polar surface area (TPSA) is 134 Å². The minimum atomic E-state index is -4.38. The summed E-state index contributed by atoms with van der Waals surface area (Å²) in [6.45, 7) is 3.72. The van der Waals surface area contributed by atoms with Gasteiger partial charge in [0.2, 0.25) is 0 Å². The fourth-order valence-electron chi connectivity index (χ4n) is 6.84. The number of unbranched alkanes of at least 4 members (excludes halogenated alkanes) is 27. The number of phosphoric ester groups is 1. The molecule has 0 aliphatic heterocycles. The van der Waals surface area contributed by atoms with Crippen molar-refractivity contribution in [2.24, 2.45) is 5.73 Å². The van der Waals surface area contributed by atoms with E-state index in [1.165, 1.54) is 141 Å². The van der Waals surface area contributed by atoms with Gasteiger partial charge in [0.25, 0.3) is 0 Å². The number of rotatable bonds is 46. The molecule has 0 aromatic heterocycles. The monoisotopic (exact) mass is 854 g/mol.